The average Bonchev–Trinajstić information content (AvgIpc) is 2.42. The van der Waals surface area contributed by atoms with E-state index in [4.69, 9.17) is 15.2 Å². The molecular weight excluding hydrogens is 232 g/mol. The zero-order valence-electron chi connectivity index (χ0n) is 9.32. The van der Waals surface area contributed by atoms with Crippen LogP contribution in [0.3, 0.4) is 0 Å². The molecule has 0 unspecified atom stereocenters. The second-order valence-electron chi connectivity index (χ2n) is 3.00. The first-order valence-corrected chi connectivity index (χ1v) is 4.92. The van der Waals surface area contributed by atoms with Crippen molar-refractivity contribution >= 4 is 17.8 Å². The quantitative estimate of drug-likeness (QED) is 0.779. The number of nitrogens with one attached hydrogen (secondary N) is 1. The number of nitrogens with zero attached hydrogens (tertiary/aromatic N) is 3. The molecule has 0 atom stereocenters. The van der Waals surface area contributed by atoms with Crippen LogP contribution in [0, 0.1) is 11.3 Å². The molecule has 2 aromatic rings. The molecule has 0 saturated carbocycles. The molecule has 0 saturated heterocycles. The van der Waals surface area contributed by atoms with E-state index in [2.05, 4.69) is 15.3 Å². The topological polar surface area (TPSA) is 98.9 Å². The van der Waals surface area contributed by atoms with Crippen LogP contribution < -0.4 is 5.32 Å². The number of aromatic nitrogens is 2. The van der Waals surface area contributed by atoms with E-state index in [9.17, 15) is 0 Å². The standard InChI is InChI=1S/C11H8N4.CH2O2/c12-6-11-13-7-10(8-14-11)15-9-4-2-1-3-5-9;2-1-3/h1-5,7-8,15H;1H,(H,2,3). The predicted octanol–water partition coefficient (Wildman–Crippen LogP) is 1.79. The summed E-state index contributed by atoms with van der Waals surface area (Å²) in [6.07, 6.45) is 3.16. The second-order valence-corrected chi connectivity index (χ2v) is 3.00. The van der Waals surface area contributed by atoms with Crippen LogP contribution in [0.1, 0.15) is 5.82 Å². The molecule has 0 spiro atoms. The van der Waals surface area contributed by atoms with Gasteiger partial charge in [-0.2, -0.15) is 5.26 Å². The van der Waals surface area contributed by atoms with Crippen LogP contribution in [0.5, 0.6) is 0 Å². The SMILES string of the molecule is N#Cc1ncc(Nc2ccccc2)cn1.O=CO. The molecule has 1 aromatic heterocycles. The monoisotopic (exact) mass is 242 g/mol. The summed E-state index contributed by atoms with van der Waals surface area (Å²) in [5.74, 6) is 0.175. The Morgan fingerprint density at radius 1 is 1.17 bits per heavy atom. The first kappa shape index (κ1) is 13.1. The van der Waals surface area contributed by atoms with Crippen LogP contribution in [0.4, 0.5) is 11.4 Å². The average molecular weight is 242 g/mol. The highest BCUT2D eigenvalue weighted by Gasteiger charge is 1.96. The number of nitriles is 1. The minimum absolute atomic E-state index is 0.175. The Bertz CT molecular complexity index is 520. The van der Waals surface area contributed by atoms with E-state index < -0.39 is 0 Å². The summed E-state index contributed by atoms with van der Waals surface area (Å²) in [7, 11) is 0. The Balaban J connectivity index is 0.000000492. The molecule has 2 N–H and O–H groups in total. The molecule has 0 radical (unpaired) electrons. The Labute approximate surface area is 104 Å². The van der Waals surface area contributed by atoms with E-state index >= 15 is 0 Å². The lowest BCUT2D eigenvalue weighted by molar-refractivity contribution is -0.122. The Morgan fingerprint density at radius 2 is 1.72 bits per heavy atom. The number of hydrogen-bond donors (Lipinski definition) is 2. The highest BCUT2D eigenvalue weighted by atomic mass is 16.3. The van der Waals surface area contributed by atoms with Crippen molar-refractivity contribution in [1.82, 2.24) is 9.97 Å². The lowest BCUT2D eigenvalue weighted by atomic mass is 10.3. The molecule has 6 heteroatoms. The molecule has 2 rings (SSSR count). The van der Waals surface area contributed by atoms with Crippen LogP contribution in [0.2, 0.25) is 0 Å². The summed E-state index contributed by atoms with van der Waals surface area (Å²) < 4.78 is 0. The Hall–Kier alpha value is -2.94. The molecule has 1 aromatic carbocycles. The smallest absolute Gasteiger partial charge is 0.290 e. The van der Waals surface area contributed by atoms with E-state index in [0.29, 0.717) is 0 Å². The number of anilines is 2. The molecule has 18 heavy (non-hydrogen) atoms. The van der Waals surface area contributed by atoms with Gasteiger partial charge in [0.1, 0.15) is 6.07 Å². The van der Waals surface area contributed by atoms with Crippen molar-refractivity contribution in [2.75, 3.05) is 5.32 Å². The number of hydrogen-bond acceptors (Lipinski definition) is 5. The van der Waals surface area contributed by atoms with Gasteiger partial charge in [0.2, 0.25) is 5.82 Å². The molecule has 0 aliphatic carbocycles. The normalized spacial score (nSPS) is 8.39. The molecule has 0 amide bonds. The summed E-state index contributed by atoms with van der Waals surface area (Å²) in [5.41, 5.74) is 1.73. The summed E-state index contributed by atoms with van der Waals surface area (Å²) in [6, 6.07) is 11.6. The first-order valence-electron chi connectivity index (χ1n) is 4.92. The van der Waals surface area contributed by atoms with Crippen molar-refractivity contribution in [3.05, 3.63) is 48.5 Å². The zero-order valence-corrected chi connectivity index (χ0v) is 9.32. The van der Waals surface area contributed by atoms with Gasteiger partial charge in [0.25, 0.3) is 6.47 Å². The number of carboxylic acid groups (broad SMARTS) is 1. The molecule has 0 aliphatic rings. The van der Waals surface area contributed by atoms with Gasteiger partial charge >= 0.3 is 0 Å². The van der Waals surface area contributed by atoms with Crippen LogP contribution in [-0.2, 0) is 4.79 Å². The van der Waals surface area contributed by atoms with E-state index in [1.165, 1.54) is 0 Å². The fraction of sp³-hybridized carbons (Fsp3) is 0. The fourth-order valence-corrected chi connectivity index (χ4v) is 1.14. The Kier molecular flexibility index (Phi) is 5.36. The number of carbonyl (C=O) groups is 1. The van der Waals surface area contributed by atoms with Crippen molar-refractivity contribution in [3.8, 4) is 6.07 Å². The van der Waals surface area contributed by atoms with E-state index in [0.717, 1.165) is 11.4 Å². The molecule has 0 aliphatic heterocycles. The van der Waals surface area contributed by atoms with Gasteiger partial charge in [-0.05, 0) is 12.1 Å². The van der Waals surface area contributed by atoms with E-state index in [1.807, 2.05) is 36.4 Å². The third kappa shape index (κ3) is 4.28. The van der Waals surface area contributed by atoms with Crippen molar-refractivity contribution < 1.29 is 9.90 Å². The second kappa shape index (κ2) is 7.35. The van der Waals surface area contributed by atoms with E-state index in [1.54, 1.807) is 12.4 Å². The third-order valence-corrected chi connectivity index (χ3v) is 1.81. The van der Waals surface area contributed by atoms with Gasteiger partial charge in [0.15, 0.2) is 0 Å². The Morgan fingerprint density at radius 3 is 2.22 bits per heavy atom. The highest BCUT2D eigenvalue weighted by Crippen LogP contribution is 2.13. The van der Waals surface area contributed by atoms with Gasteiger partial charge in [-0.25, -0.2) is 9.97 Å². The third-order valence-electron chi connectivity index (χ3n) is 1.81. The number of para-hydroxylation sites is 1. The van der Waals surface area contributed by atoms with Crippen LogP contribution in [-0.4, -0.2) is 21.5 Å². The van der Waals surface area contributed by atoms with Gasteiger partial charge in [0.05, 0.1) is 18.1 Å². The summed E-state index contributed by atoms with van der Waals surface area (Å²) in [5, 5.41) is 18.5. The van der Waals surface area contributed by atoms with Crippen LogP contribution in [0.15, 0.2) is 42.7 Å². The summed E-state index contributed by atoms with van der Waals surface area (Å²) in [6.45, 7) is -0.250. The maximum atomic E-state index is 8.52. The molecule has 0 bridgehead atoms. The molecule has 90 valence electrons. The van der Waals surface area contributed by atoms with Gasteiger partial charge in [-0.15, -0.1) is 0 Å². The van der Waals surface area contributed by atoms with Gasteiger partial charge < -0.3 is 10.4 Å². The fourth-order valence-electron chi connectivity index (χ4n) is 1.14. The maximum Gasteiger partial charge on any atom is 0.290 e. The largest absolute Gasteiger partial charge is 0.483 e. The lowest BCUT2D eigenvalue weighted by Crippen LogP contribution is -1.94. The maximum absolute atomic E-state index is 8.52. The first-order chi connectivity index (χ1) is 8.80. The lowest BCUT2D eigenvalue weighted by Gasteiger charge is -2.04. The molecule has 1 heterocycles. The van der Waals surface area contributed by atoms with Crippen LogP contribution >= 0.6 is 0 Å². The minimum atomic E-state index is -0.250. The van der Waals surface area contributed by atoms with Gasteiger partial charge in [-0.1, -0.05) is 18.2 Å². The summed E-state index contributed by atoms with van der Waals surface area (Å²) in [4.78, 5) is 16.1. The number of rotatable bonds is 2. The zero-order chi connectivity index (χ0) is 13.2. The van der Waals surface area contributed by atoms with Gasteiger partial charge in [-0.3, -0.25) is 4.79 Å². The van der Waals surface area contributed by atoms with Crippen molar-refractivity contribution in [2.24, 2.45) is 0 Å². The van der Waals surface area contributed by atoms with E-state index in [-0.39, 0.29) is 12.3 Å². The molecular formula is C12H10N4O2. The predicted molar refractivity (Wildman–Crippen MR) is 65.2 cm³/mol. The van der Waals surface area contributed by atoms with Crippen LogP contribution in [0.25, 0.3) is 0 Å². The van der Waals surface area contributed by atoms with Crippen molar-refractivity contribution in [1.29, 1.82) is 5.26 Å². The van der Waals surface area contributed by atoms with Crippen molar-refractivity contribution in [2.45, 2.75) is 0 Å². The highest BCUT2D eigenvalue weighted by molar-refractivity contribution is 5.57. The van der Waals surface area contributed by atoms with Gasteiger partial charge in [0, 0.05) is 5.69 Å². The molecule has 0 fully saturated rings. The van der Waals surface area contributed by atoms with Crippen molar-refractivity contribution in [3.63, 3.8) is 0 Å². The molecule has 6 nitrogen and oxygen atoms in total. The summed E-state index contributed by atoms with van der Waals surface area (Å²) >= 11 is 0. The number of benzene rings is 1. The minimum Gasteiger partial charge on any atom is -0.483 e.